The number of benzene rings is 3. The molecule has 0 saturated carbocycles. The molecule has 0 radical (unpaired) electrons. The lowest BCUT2D eigenvalue weighted by Crippen LogP contribution is -2.00. The Morgan fingerprint density at radius 1 is 0.724 bits per heavy atom. The molecule has 0 atom stereocenters. The average Bonchev–Trinajstić information content (AvgIpc) is 3.27. The molecule has 5 heteroatoms. The number of rotatable bonds is 5. The largest absolute Gasteiger partial charge is 0.469 e. The van der Waals surface area contributed by atoms with E-state index in [9.17, 15) is 0 Å². The molecule has 0 aliphatic rings. The molecule has 2 heterocycles. The first-order valence-corrected chi connectivity index (χ1v) is 9.33. The molecule has 0 unspecified atom stereocenters. The van der Waals surface area contributed by atoms with Crippen LogP contribution in [-0.4, -0.2) is 15.1 Å². The molecular weight excluding hydrogens is 362 g/mol. The van der Waals surface area contributed by atoms with Gasteiger partial charge in [-0.05, 0) is 12.1 Å². The van der Waals surface area contributed by atoms with Crippen LogP contribution in [0.25, 0.3) is 33.5 Å². The quantitative estimate of drug-likeness (QED) is 0.402. The highest BCUT2D eigenvalue weighted by Crippen LogP contribution is 2.27. The van der Waals surface area contributed by atoms with Gasteiger partial charge in [-0.3, -0.25) is 0 Å². The highest BCUT2D eigenvalue weighted by atomic mass is 16.5. The maximum absolute atomic E-state index is 6.03. The number of para-hydroxylation sites is 1. The molecule has 5 aromatic rings. The molecule has 5 nitrogen and oxygen atoms in total. The van der Waals surface area contributed by atoms with Crippen molar-refractivity contribution in [2.45, 2.75) is 6.61 Å². The first-order valence-electron chi connectivity index (χ1n) is 9.33. The zero-order chi connectivity index (χ0) is 19.5. The topological polar surface area (TPSA) is 61.0 Å². The highest BCUT2D eigenvalue weighted by Gasteiger charge is 2.12. The summed E-state index contributed by atoms with van der Waals surface area (Å²) in [6.07, 6.45) is 0. The standard InChI is InChI=1S/C24H17N3O2/c1-3-9-17(10-4-1)22-15-19(29-27-22)16-28-24-20-13-7-8-14-21(20)25-23(26-24)18-11-5-2-6-12-18/h1-15H,16H2. The number of hydrogen-bond donors (Lipinski definition) is 0. The predicted octanol–water partition coefficient (Wildman–Crippen LogP) is 5.53. The Bertz CT molecular complexity index is 1250. The molecule has 0 amide bonds. The number of aromatic nitrogens is 3. The molecule has 0 aliphatic carbocycles. The minimum absolute atomic E-state index is 0.231. The van der Waals surface area contributed by atoms with Gasteiger partial charge in [0.25, 0.3) is 0 Å². The number of fused-ring (bicyclic) bond motifs is 1. The van der Waals surface area contributed by atoms with E-state index in [1.54, 1.807) is 0 Å². The van der Waals surface area contributed by atoms with Crippen LogP contribution in [0, 0.1) is 0 Å². The lowest BCUT2D eigenvalue weighted by atomic mass is 10.1. The first kappa shape index (κ1) is 17.1. The molecule has 0 spiro atoms. The molecule has 0 aliphatic heterocycles. The highest BCUT2D eigenvalue weighted by molar-refractivity contribution is 5.85. The van der Waals surface area contributed by atoms with Crippen LogP contribution in [0.4, 0.5) is 0 Å². The van der Waals surface area contributed by atoms with Crippen LogP contribution >= 0.6 is 0 Å². The molecule has 0 N–H and O–H groups in total. The summed E-state index contributed by atoms with van der Waals surface area (Å²) in [5.74, 6) is 1.78. The number of nitrogens with zero attached hydrogens (tertiary/aromatic N) is 3. The van der Waals surface area contributed by atoms with Gasteiger partial charge >= 0.3 is 0 Å². The van der Waals surface area contributed by atoms with Crippen molar-refractivity contribution >= 4 is 10.9 Å². The van der Waals surface area contributed by atoms with E-state index in [4.69, 9.17) is 9.26 Å². The summed E-state index contributed by atoms with van der Waals surface area (Å²) >= 11 is 0. The van der Waals surface area contributed by atoms with Crippen molar-refractivity contribution < 1.29 is 9.26 Å². The summed E-state index contributed by atoms with van der Waals surface area (Å²) in [4.78, 5) is 9.33. The number of hydrogen-bond acceptors (Lipinski definition) is 5. The van der Waals surface area contributed by atoms with Crippen LogP contribution in [0.5, 0.6) is 5.88 Å². The Balaban J connectivity index is 1.45. The predicted molar refractivity (Wildman–Crippen MR) is 111 cm³/mol. The Hall–Kier alpha value is -3.99. The van der Waals surface area contributed by atoms with Crippen molar-refractivity contribution in [3.05, 3.63) is 96.8 Å². The first-order chi connectivity index (χ1) is 14.4. The van der Waals surface area contributed by atoms with E-state index in [0.717, 1.165) is 27.7 Å². The summed E-state index contributed by atoms with van der Waals surface area (Å²) in [6.45, 7) is 0.231. The van der Waals surface area contributed by atoms with E-state index in [1.165, 1.54) is 0 Å². The van der Waals surface area contributed by atoms with Gasteiger partial charge in [0.05, 0.1) is 10.9 Å². The fraction of sp³-hybridized carbons (Fsp3) is 0.0417. The van der Waals surface area contributed by atoms with Gasteiger partial charge < -0.3 is 9.26 Å². The van der Waals surface area contributed by atoms with Gasteiger partial charge in [-0.25, -0.2) is 4.98 Å². The molecule has 140 valence electrons. The van der Waals surface area contributed by atoms with E-state index < -0.39 is 0 Å². The SMILES string of the molecule is c1ccc(-c2cc(COc3nc(-c4ccccc4)nc4ccccc34)on2)cc1. The Morgan fingerprint density at radius 2 is 1.41 bits per heavy atom. The van der Waals surface area contributed by atoms with Gasteiger partial charge in [-0.1, -0.05) is 78.0 Å². The molecular formula is C24H17N3O2. The molecule has 0 saturated heterocycles. The minimum Gasteiger partial charge on any atom is -0.469 e. The second kappa shape index (κ2) is 7.56. The van der Waals surface area contributed by atoms with E-state index in [2.05, 4.69) is 15.1 Å². The molecule has 0 bridgehead atoms. The van der Waals surface area contributed by atoms with Crippen molar-refractivity contribution in [3.8, 4) is 28.5 Å². The number of ether oxygens (including phenoxy) is 1. The van der Waals surface area contributed by atoms with Gasteiger partial charge in [-0.2, -0.15) is 4.98 Å². The van der Waals surface area contributed by atoms with Crippen LogP contribution < -0.4 is 4.74 Å². The summed E-state index contributed by atoms with van der Waals surface area (Å²) in [7, 11) is 0. The smallest absolute Gasteiger partial charge is 0.225 e. The lowest BCUT2D eigenvalue weighted by Gasteiger charge is -2.09. The van der Waals surface area contributed by atoms with Gasteiger partial charge in [0.2, 0.25) is 5.88 Å². The molecule has 2 aromatic heterocycles. The van der Waals surface area contributed by atoms with Crippen LogP contribution in [0.15, 0.2) is 95.5 Å². The van der Waals surface area contributed by atoms with Crippen molar-refractivity contribution in [2.24, 2.45) is 0 Å². The third-order valence-corrected chi connectivity index (χ3v) is 4.58. The average molecular weight is 379 g/mol. The monoisotopic (exact) mass is 379 g/mol. The van der Waals surface area contributed by atoms with Gasteiger partial charge in [0.15, 0.2) is 18.2 Å². The van der Waals surface area contributed by atoms with Crippen LogP contribution in [0.1, 0.15) is 5.76 Å². The summed E-state index contributed by atoms with van der Waals surface area (Å²) < 4.78 is 11.5. The molecule has 3 aromatic carbocycles. The Labute approximate surface area is 167 Å². The molecule has 5 rings (SSSR count). The van der Waals surface area contributed by atoms with Crippen molar-refractivity contribution in [1.29, 1.82) is 0 Å². The summed E-state index contributed by atoms with van der Waals surface area (Å²) in [5, 5.41) is 4.99. The molecule has 29 heavy (non-hydrogen) atoms. The maximum Gasteiger partial charge on any atom is 0.225 e. The van der Waals surface area contributed by atoms with Gasteiger partial charge in [0.1, 0.15) is 5.69 Å². The summed E-state index contributed by atoms with van der Waals surface area (Å²) in [6, 6.07) is 29.5. The Morgan fingerprint density at radius 3 is 2.21 bits per heavy atom. The van der Waals surface area contributed by atoms with Crippen molar-refractivity contribution in [3.63, 3.8) is 0 Å². The fourth-order valence-electron chi connectivity index (χ4n) is 3.14. The summed E-state index contributed by atoms with van der Waals surface area (Å²) in [5.41, 5.74) is 3.55. The van der Waals surface area contributed by atoms with E-state index in [0.29, 0.717) is 17.5 Å². The van der Waals surface area contributed by atoms with Crippen molar-refractivity contribution in [1.82, 2.24) is 15.1 Å². The fourth-order valence-corrected chi connectivity index (χ4v) is 3.14. The lowest BCUT2D eigenvalue weighted by molar-refractivity contribution is 0.244. The van der Waals surface area contributed by atoms with Crippen molar-refractivity contribution in [2.75, 3.05) is 0 Å². The van der Waals surface area contributed by atoms with Gasteiger partial charge in [-0.15, -0.1) is 0 Å². The van der Waals surface area contributed by atoms with E-state index >= 15 is 0 Å². The third-order valence-electron chi connectivity index (χ3n) is 4.58. The van der Waals surface area contributed by atoms with Gasteiger partial charge in [0, 0.05) is 17.2 Å². The molecule has 0 fully saturated rings. The third kappa shape index (κ3) is 3.58. The zero-order valence-corrected chi connectivity index (χ0v) is 15.5. The van der Waals surface area contributed by atoms with Crippen LogP contribution in [0.3, 0.4) is 0 Å². The zero-order valence-electron chi connectivity index (χ0n) is 15.5. The van der Waals surface area contributed by atoms with E-state index in [-0.39, 0.29) is 6.61 Å². The van der Waals surface area contributed by atoms with Crippen LogP contribution in [-0.2, 0) is 6.61 Å². The second-order valence-electron chi connectivity index (χ2n) is 6.57. The van der Waals surface area contributed by atoms with E-state index in [1.807, 2.05) is 91.0 Å². The maximum atomic E-state index is 6.03. The second-order valence-corrected chi connectivity index (χ2v) is 6.57. The van der Waals surface area contributed by atoms with Crippen LogP contribution in [0.2, 0.25) is 0 Å². The Kier molecular flexibility index (Phi) is 4.47. The minimum atomic E-state index is 0.231. The normalized spacial score (nSPS) is 10.9.